The Kier molecular flexibility index (Phi) is 7.93. The third-order valence-electron chi connectivity index (χ3n) is 5.02. The van der Waals surface area contributed by atoms with Gasteiger partial charge in [0.25, 0.3) is 0 Å². The van der Waals surface area contributed by atoms with E-state index in [1.165, 1.54) is 25.4 Å². The number of rotatable bonds is 7. The first kappa shape index (κ1) is 25.9. The number of carbonyl (C=O) groups is 3. The molecule has 2 rings (SSSR count). The minimum Gasteiger partial charge on any atom is -0.469 e. The number of halogens is 6. The highest BCUT2D eigenvalue weighted by atomic mass is 19.4. The van der Waals surface area contributed by atoms with Crippen LogP contribution in [0.2, 0.25) is 0 Å². The Morgan fingerprint density at radius 1 is 1.18 bits per heavy atom. The van der Waals surface area contributed by atoms with Crippen LogP contribution in [0.3, 0.4) is 0 Å². The van der Waals surface area contributed by atoms with Crippen molar-refractivity contribution in [2.45, 2.75) is 45.9 Å². The van der Waals surface area contributed by atoms with Crippen molar-refractivity contribution in [2.24, 2.45) is 0 Å². The molecule has 1 N–H and O–H groups in total. The van der Waals surface area contributed by atoms with Gasteiger partial charge in [-0.25, -0.2) is 9.18 Å². The number of benzene rings is 1. The van der Waals surface area contributed by atoms with Crippen molar-refractivity contribution >= 4 is 29.4 Å². The number of anilines is 1. The number of hydrogen-bond acceptors (Lipinski definition) is 5. The molecule has 0 aliphatic carbocycles. The second kappa shape index (κ2) is 10.1. The largest absolute Gasteiger partial charge is 0.471 e. The smallest absolute Gasteiger partial charge is 0.469 e. The molecule has 0 aromatic heterocycles. The van der Waals surface area contributed by atoms with E-state index in [1.807, 2.05) is 0 Å². The summed E-state index contributed by atoms with van der Waals surface area (Å²) >= 11 is 0. The molecule has 0 bridgehead atoms. The standard InChI is InChI=1S/C21H19F6NO5/c1-9(5-7-13(29)32-3)4-6-11-14(16(22)18(23)24)10(2)12-8-33-19(30)15(12)17(11)28-20(31)21(25,26)27/h4H,5-8H2,1-3H3,(H,28,31)/b9-4+. The van der Waals surface area contributed by atoms with E-state index < -0.39 is 71.3 Å². The van der Waals surface area contributed by atoms with Crippen molar-refractivity contribution in [1.82, 2.24) is 0 Å². The number of hydrogen-bond donors (Lipinski definition) is 1. The molecule has 0 fully saturated rings. The van der Waals surface area contributed by atoms with Crippen LogP contribution in [0.4, 0.5) is 32.0 Å². The van der Waals surface area contributed by atoms with Gasteiger partial charge in [0.2, 0.25) is 0 Å². The fourth-order valence-corrected chi connectivity index (χ4v) is 3.30. The maximum atomic E-state index is 14.5. The lowest BCUT2D eigenvalue weighted by Gasteiger charge is -2.20. The summed E-state index contributed by atoms with van der Waals surface area (Å²) in [5, 5.41) is 1.52. The number of esters is 2. The monoisotopic (exact) mass is 479 g/mol. The minimum atomic E-state index is -5.37. The van der Waals surface area contributed by atoms with Crippen molar-refractivity contribution in [1.29, 1.82) is 0 Å². The Morgan fingerprint density at radius 2 is 1.82 bits per heavy atom. The zero-order chi connectivity index (χ0) is 25.1. The molecule has 0 atom stereocenters. The molecule has 0 unspecified atom stereocenters. The number of carbonyl (C=O) groups excluding carboxylic acids is 3. The Labute approximate surface area is 184 Å². The van der Waals surface area contributed by atoms with Crippen molar-refractivity contribution < 1.29 is 50.2 Å². The van der Waals surface area contributed by atoms with Crippen LogP contribution >= 0.6 is 0 Å². The molecule has 1 aromatic carbocycles. The van der Waals surface area contributed by atoms with Gasteiger partial charge in [0, 0.05) is 17.5 Å². The topological polar surface area (TPSA) is 81.7 Å². The van der Waals surface area contributed by atoms with Crippen molar-refractivity contribution in [3.05, 3.63) is 45.5 Å². The Balaban J connectivity index is 2.72. The van der Waals surface area contributed by atoms with Gasteiger partial charge in [-0.15, -0.1) is 0 Å². The zero-order valence-electron chi connectivity index (χ0n) is 17.7. The normalized spacial score (nSPS) is 13.4. The third kappa shape index (κ3) is 5.74. The summed E-state index contributed by atoms with van der Waals surface area (Å²) in [5.41, 5.74) is -2.18. The van der Waals surface area contributed by atoms with E-state index in [1.54, 1.807) is 6.92 Å². The zero-order valence-corrected chi connectivity index (χ0v) is 17.7. The lowest BCUT2D eigenvalue weighted by atomic mass is 9.88. The van der Waals surface area contributed by atoms with Crippen LogP contribution in [0.1, 0.15) is 52.4 Å². The first-order valence-electron chi connectivity index (χ1n) is 9.46. The van der Waals surface area contributed by atoms with Gasteiger partial charge in [-0.05, 0) is 37.8 Å². The third-order valence-corrected chi connectivity index (χ3v) is 5.02. The Hall–Kier alpha value is -3.31. The van der Waals surface area contributed by atoms with Crippen LogP contribution < -0.4 is 5.32 Å². The van der Waals surface area contributed by atoms with Gasteiger partial charge in [0.1, 0.15) is 6.61 Å². The molecule has 1 aliphatic rings. The molecule has 0 spiro atoms. The van der Waals surface area contributed by atoms with E-state index >= 15 is 0 Å². The van der Waals surface area contributed by atoms with Crippen LogP contribution in [0, 0.1) is 6.92 Å². The van der Waals surface area contributed by atoms with E-state index in [4.69, 9.17) is 4.74 Å². The van der Waals surface area contributed by atoms with E-state index in [-0.39, 0.29) is 24.0 Å². The molecule has 0 saturated heterocycles. The number of cyclic esters (lactones) is 1. The summed E-state index contributed by atoms with van der Waals surface area (Å²) in [5.74, 6) is -6.11. The summed E-state index contributed by atoms with van der Waals surface area (Å²) in [4.78, 5) is 35.1. The molecule has 1 aliphatic heterocycles. The van der Waals surface area contributed by atoms with Crippen LogP contribution in [0.15, 0.2) is 17.7 Å². The molecule has 1 heterocycles. The van der Waals surface area contributed by atoms with Gasteiger partial charge < -0.3 is 14.8 Å². The maximum absolute atomic E-state index is 14.5. The number of alkyl halides is 3. The predicted octanol–water partition coefficient (Wildman–Crippen LogP) is 5.14. The van der Waals surface area contributed by atoms with Gasteiger partial charge in [-0.1, -0.05) is 11.6 Å². The van der Waals surface area contributed by atoms with Crippen LogP contribution in [-0.4, -0.2) is 31.1 Å². The quantitative estimate of drug-likeness (QED) is 0.333. The molecule has 180 valence electrons. The summed E-state index contributed by atoms with van der Waals surface area (Å²) < 4.78 is 89.0. The van der Waals surface area contributed by atoms with Crippen molar-refractivity contribution in [3.63, 3.8) is 0 Å². The minimum absolute atomic E-state index is 0.0354. The van der Waals surface area contributed by atoms with Crippen molar-refractivity contribution in [2.75, 3.05) is 12.4 Å². The fraction of sp³-hybridized carbons (Fsp3) is 0.381. The summed E-state index contributed by atoms with van der Waals surface area (Å²) in [6.07, 6.45) is -7.05. The number of allylic oxidation sites excluding steroid dienone is 2. The average molecular weight is 479 g/mol. The van der Waals surface area contributed by atoms with Crippen molar-refractivity contribution in [3.8, 4) is 0 Å². The lowest BCUT2D eigenvalue weighted by Crippen LogP contribution is -2.31. The SMILES string of the molecule is COC(=O)CC/C(C)=C/Cc1c(NC(=O)C(F)(F)F)c2c(c(C)c1C(F)=C(F)F)COC2=O. The van der Waals surface area contributed by atoms with E-state index in [0.717, 1.165) is 0 Å². The molecular weight excluding hydrogens is 460 g/mol. The molecule has 6 nitrogen and oxygen atoms in total. The first-order chi connectivity index (χ1) is 15.3. The fourth-order valence-electron chi connectivity index (χ4n) is 3.30. The molecule has 1 amide bonds. The summed E-state index contributed by atoms with van der Waals surface area (Å²) in [6, 6.07) is 0. The number of fused-ring (bicyclic) bond motifs is 1. The number of methoxy groups -OCH3 is 1. The number of ether oxygens (including phenoxy) is 2. The highest BCUT2D eigenvalue weighted by molar-refractivity contribution is 6.07. The number of amides is 1. The molecular formula is C21H19F6NO5. The highest BCUT2D eigenvalue weighted by Gasteiger charge is 2.41. The van der Waals surface area contributed by atoms with E-state index in [2.05, 4.69) is 4.74 Å². The summed E-state index contributed by atoms with van der Waals surface area (Å²) in [6.45, 7) is 2.27. The highest BCUT2D eigenvalue weighted by Crippen LogP contribution is 2.42. The predicted molar refractivity (Wildman–Crippen MR) is 104 cm³/mol. The van der Waals surface area contributed by atoms with Gasteiger partial charge in [0.15, 0.2) is 5.83 Å². The Bertz CT molecular complexity index is 1050. The molecule has 0 radical (unpaired) electrons. The molecule has 12 heteroatoms. The van der Waals surface area contributed by atoms with Gasteiger partial charge >= 0.3 is 30.1 Å². The van der Waals surface area contributed by atoms with Crippen LogP contribution in [0.25, 0.3) is 5.83 Å². The van der Waals surface area contributed by atoms with Gasteiger partial charge in [-0.2, -0.15) is 22.0 Å². The van der Waals surface area contributed by atoms with E-state index in [9.17, 15) is 40.7 Å². The number of nitrogens with one attached hydrogen (secondary N) is 1. The molecule has 33 heavy (non-hydrogen) atoms. The summed E-state index contributed by atoms with van der Waals surface area (Å²) in [7, 11) is 1.18. The van der Waals surface area contributed by atoms with Crippen LogP contribution in [0.5, 0.6) is 0 Å². The molecule has 1 aromatic rings. The molecule has 0 saturated carbocycles. The van der Waals surface area contributed by atoms with Gasteiger partial charge in [-0.3, -0.25) is 9.59 Å². The van der Waals surface area contributed by atoms with E-state index in [0.29, 0.717) is 5.57 Å². The Morgan fingerprint density at radius 3 is 2.36 bits per heavy atom. The maximum Gasteiger partial charge on any atom is 0.471 e. The first-order valence-corrected chi connectivity index (χ1v) is 9.46. The second-order valence-corrected chi connectivity index (χ2v) is 7.14. The lowest BCUT2D eigenvalue weighted by molar-refractivity contribution is -0.167. The average Bonchev–Trinajstić information content (AvgIpc) is 3.13. The second-order valence-electron chi connectivity index (χ2n) is 7.14. The van der Waals surface area contributed by atoms with Gasteiger partial charge in [0.05, 0.1) is 18.4 Å². The van der Waals surface area contributed by atoms with Crippen LogP contribution in [-0.2, 0) is 32.1 Å².